The smallest absolute Gasteiger partial charge is 0.417 e. The summed E-state index contributed by atoms with van der Waals surface area (Å²) in [5.41, 5.74) is -2.04. The normalized spacial score (nSPS) is 13.5. The lowest BCUT2D eigenvalue weighted by atomic mass is 10.1. The largest absolute Gasteiger partial charge is 0.424 e. The first kappa shape index (κ1) is 17.9. The number of aromatic nitrogens is 2. The molecular weight excluding hydrogens is 351 g/mol. The van der Waals surface area contributed by atoms with Gasteiger partial charge in [-0.2, -0.15) is 13.2 Å². The minimum absolute atomic E-state index is 0.112. The maximum absolute atomic E-state index is 12.9. The van der Waals surface area contributed by atoms with Crippen LogP contribution in [0.15, 0.2) is 28.7 Å². The molecule has 0 saturated heterocycles. The van der Waals surface area contributed by atoms with Crippen molar-refractivity contribution in [3.63, 3.8) is 0 Å². The van der Waals surface area contributed by atoms with E-state index in [-0.39, 0.29) is 11.8 Å². The lowest BCUT2D eigenvalue weighted by Crippen LogP contribution is -2.34. The van der Waals surface area contributed by atoms with Gasteiger partial charge in [0.15, 0.2) is 5.25 Å². The molecule has 0 spiro atoms. The number of nitrogens with one attached hydrogen (secondary N) is 1. The van der Waals surface area contributed by atoms with Crippen LogP contribution in [0.4, 0.5) is 13.2 Å². The molecule has 1 N–H and O–H groups in total. The number of sulfonamides is 1. The maximum atomic E-state index is 12.9. The van der Waals surface area contributed by atoms with Crippen molar-refractivity contribution in [3.8, 4) is 0 Å². The van der Waals surface area contributed by atoms with Crippen LogP contribution in [0, 0.1) is 6.92 Å². The predicted octanol–water partition coefficient (Wildman–Crippen LogP) is 2.22. The summed E-state index contributed by atoms with van der Waals surface area (Å²) in [6, 6.07) is 3.86. The number of amides is 1. The SMILES string of the molecule is Cc1nnc(C(C)S(=O)(=O)NC(=O)c2ccccc2C(F)(F)F)o1. The number of benzene rings is 1. The van der Waals surface area contributed by atoms with Gasteiger partial charge in [0, 0.05) is 6.92 Å². The molecule has 130 valence electrons. The molecule has 1 aromatic carbocycles. The van der Waals surface area contributed by atoms with Gasteiger partial charge in [0.05, 0.1) is 11.1 Å². The zero-order valence-corrected chi connectivity index (χ0v) is 13.3. The van der Waals surface area contributed by atoms with Gasteiger partial charge in [0.1, 0.15) is 0 Å². The van der Waals surface area contributed by atoms with E-state index >= 15 is 0 Å². The Labute approximate surface area is 134 Å². The van der Waals surface area contributed by atoms with E-state index in [0.29, 0.717) is 6.07 Å². The van der Waals surface area contributed by atoms with Crippen molar-refractivity contribution in [2.75, 3.05) is 0 Å². The highest BCUT2D eigenvalue weighted by Gasteiger charge is 2.36. The Kier molecular flexibility index (Phi) is 4.65. The zero-order chi connectivity index (χ0) is 18.1. The van der Waals surface area contributed by atoms with Crippen LogP contribution < -0.4 is 4.72 Å². The summed E-state index contributed by atoms with van der Waals surface area (Å²) in [5, 5.41) is 5.57. The van der Waals surface area contributed by atoms with Crippen molar-refractivity contribution in [2.45, 2.75) is 25.3 Å². The van der Waals surface area contributed by atoms with Crippen molar-refractivity contribution in [3.05, 3.63) is 47.2 Å². The molecule has 11 heteroatoms. The van der Waals surface area contributed by atoms with Crippen LogP contribution in [0.3, 0.4) is 0 Å². The molecule has 24 heavy (non-hydrogen) atoms. The van der Waals surface area contributed by atoms with Crippen LogP contribution in [0.2, 0.25) is 0 Å². The maximum Gasteiger partial charge on any atom is 0.417 e. The van der Waals surface area contributed by atoms with Crippen LogP contribution in [0.1, 0.15) is 39.9 Å². The second-order valence-electron chi connectivity index (χ2n) is 4.82. The molecule has 1 aromatic heterocycles. The van der Waals surface area contributed by atoms with E-state index in [1.807, 2.05) is 0 Å². The van der Waals surface area contributed by atoms with E-state index < -0.39 is 38.5 Å². The second-order valence-corrected chi connectivity index (χ2v) is 6.82. The van der Waals surface area contributed by atoms with Crippen molar-refractivity contribution in [2.24, 2.45) is 0 Å². The number of carbonyl (C=O) groups excluding carboxylic acids is 1. The van der Waals surface area contributed by atoms with Gasteiger partial charge in [-0.15, -0.1) is 10.2 Å². The van der Waals surface area contributed by atoms with E-state index in [0.717, 1.165) is 19.1 Å². The van der Waals surface area contributed by atoms with Crippen molar-refractivity contribution >= 4 is 15.9 Å². The molecule has 0 aliphatic heterocycles. The summed E-state index contributed by atoms with van der Waals surface area (Å²) >= 11 is 0. The average molecular weight is 363 g/mol. The standard InChI is InChI=1S/C13H12F3N3O4S/c1-7(12-18-17-8(2)23-12)24(21,22)19-11(20)9-5-3-4-6-10(9)13(14,15)16/h3-7H,1-2H3,(H,19,20). The molecule has 1 amide bonds. The summed E-state index contributed by atoms with van der Waals surface area (Å²) in [7, 11) is -4.37. The van der Waals surface area contributed by atoms with Crippen LogP contribution in [-0.2, 0) is 16.2 Å². The summed E-state index contributed by atoms with van der Waals surface area (Å²) in [6.45, 7) is 2.60. The Morgan fingerprint density at radius 1 is 1.25 bits per heavy atom. The van der Waals surface area contributed by atoms with Gasteiger partial charge in [-0.1, -0.05) is 12.1 Å². The highest BCUT2D eigenvalue weighted by atomic mass is 32.2. The van der Waals surface area contributed by atoms with E-state index in [4.69, 9.17) is 4.42 Å². The summed E-state index contributed by atoms with van der Waals surface area (Å²) < 4.78 is 69.6. The van der Waals surface area contributed by atoms with Crippen molar-refractivity contribution < 1.29 is 30.8 Å². The molecule has 1 heterocycles. The van der Waals surface area contributed by atoms with Gasteiger partial charge < -0.3 is 4.42 Å². The fraction of sp³-hybridized carbons (Fsp3) is 0.308. The second kappa shape index (κ2) is 6.23. The number of nitrogens with zero attached hydrogens (tertiary/aromatic N) is 2. The molecule has 0 radical (unpaired) electrons. The van der Waals surface area contributed by atoms with Gasteiger partial charge in [0.25, 0.3) is 5.91 Å². The first-order valence-electron chi connectivity index (χ1n) is 6.54. The van der Waals surface area contributed by atoms with E-state index in [9.17, 15) is 26.4 Å². The minimum Gasteiger partial charge on any atom is -0.424 e. The lowest BCUT2D eigenvalue weighted by molar-refractivity contribution is -0.137. The third-order valence-electron chi connectivity index (χ3n) is 3.07. The first-order valence-corrected chi connectivity index (χ1v) is 8.09. The quantitative estimate of drug-likeness (QED) is 0.894. The average Bonchev–Trinajstić information content (AvgIpc) is 2.91. The minimum atomic E-state index is -4.80. The van der Waals surface area contributed by atoms with Crippen LogP contribution in [0.25, 0.3) is 0 Å². The predicted molar refractivity (Wildman–Crippen MR) is 75.3 cm³/mol. The van der Waals surface area contributed by atoms with Gasteiger partial charge in [0.2, 0.25) is 21.8 Å². The molecule has 1 unspecified atom stereocenters. The van der Waals surface area contributed by atoms with Crippen LogP contribution in [0.5, 0.6) is 0 Å². The van der Waals surface area contributed by atoms with Crippen molar-refractivity contribution in [1.82, 2.24) is 14.9 Å². The molecule has 2 rings (SSSR count). The Balaban J connectivity index is 2.29. The van der Waals surface area contributed by atoms with E-state index in [2.05, 4.69) is 10.2 Å². The third kappa shape index (κ3) is 3.72. The monoisotopic (exact) mass is 363 g/mol. The Morgan fingerprint density at radius 3 is 2.42 bits per heavy atom. The fourth-order valence-corrected chi connectivity index (χ4v) is 2.72. The Hall–Kier alpha value is -2.43. The zero-order valence-electron chi connectivity index (χ0n) is 12.5. The number of halogens is 3. The summed E-state index contributed by atoms with van der Waals surface area (Å²) in [5.74, 6) is -1.57. The van der Waals surface area contributed by atoms with Crippen LogP contribution >= 0.6 is 0 Å². The Morgan fingerprint density at radius 2 is 1.88 bits per heavy atom. The Bertz CT molecular complexity index is 861. The number of carbonyl (C=O) groups is 1. The van der Waals surface area contributed by atoms with Gasteiger partial charge in [-0.05, 0) is 19.1 Å². The number of rotatable bonds is 4. The third-order valence-corrected chi connectivity index (χ3v) is 4.67. The highest BCUT2D eigenvalue weighted by molar-refractivity contribution is 7.90. The number of aryl methyl sites for hydroxylation is 1. The summed E-state index contributed by atoms with van der Waals surface area (Å²) in [4.78, 5) is 12.0. The molecule has 0 aliphatic rings. The van der Waals surface area contributed by atoms with Crippen molar-refractivity contribution in [1.29, 1.82) is 0 Å². The van der Waals surface area contributed by atoms with Crippen LogP contribution in [-0.4, -0.2) is 24.5 Å². The van der Waals surface area contributed by atoms with Gasteiger partial charge >= 0.3 is 6.18 Å². The highest BCUT2D eigenvalue weighted by Crippen LogP contribution is 2.32. The first-order chi connectivity index (χ1) is 11.0. The number of hydrogen-bond donors (Lipinski definition) is 1. The molecule has 1 atom stereocenters. The number of alkyl halides is 3. The molecule has 0 saturated carbocycles. The lowest BCUT2D eigenvalue weighted by Gasteiger charge is -2.14. The fourth-order valence-electron chi connectivity index (χ4n) is 1.81. The van der Waals surface area contributed by atoms with Gasteiger partial charge in [-0.3, -0.25) is 4.79 Å². The molecule has 0 fully saturated rings. The van der Waals surface area contributed by atoms with Gasteiger partial charge in [-0.25, -0.2) is 13.1 Å². The molecular formula is C13H12F3N3O4S. The van der Waals surface area contributed by atoms with E-state index in [1.54, 1.807) is 4.72 Å². The molecule has 2 aromatic rings. The molecule has 7 nitrogen and oxygen atoms in total. The van der Waals surface area contributed by atoms with E-state index in [1.165, 1.54) is 13.0 Å². The summed E-state index contributed by atoms with van der Waals surface area (Å²) in [6.07, 6.45) is -4.80. The topological polar surface area (TPSA) is 102 Å². The molecule has 0 bridgehead atoms. The number of hydrogen-bond acceptors (Lipinski definition) is 6. The molecule has 0 aliphatic carbocycles.